The first-order valence-electron chi connectivity index (χ1n) is 13.1. The highest BCUT2D eigenvalue weighted by Gasteiger charge is 2.35. The summed E-state index contributed by atoms with van der Waals surface area (Å²) in [6, 6.07) is 11.2. The summed E-state index contributed by atoms with van der Waals surface area (Å²) in [5, 5.41) is 12.0. The van der Waals surface area contributed by atoms with Gasteiger partial charge in [0.15, 0.2) is 11.5 Å². The number of hydrogen-bond donors (Lipinski definition) is 2. The number of thioether (sulfide) groups is 1. The van der Waals surface area contributed by atoms with E-state index in [0.717, 1.165) is 53.1 Å². The maximum absolute atomic E-state index is 13.9. The molecule has 2 aromatic carbocycles. The van der Waals surface area contributed by atoms with Crippen molar-refractivity contribution in [2.45, 2.75) is 65.1 Å². The fourth-order valence-corrected chi connectivity index (χ4v) is 5.28. The normalized spacial score (nSPS) is 14.6. The standard InChI is InChI=1S/C29H37N5O3S/c1-7-9-16-38-29-32-28-30-20(5)25(27(35)31-22-12-10-11-18(3)19(22)4)26(34(28)33-29)21-13-14-23(37-15-8-2)24(17-21)36-6/h10-14,17,26H,7-9,15-16H2,1-6H3,(H,31,35)(H,30,32,33). The van der Waals surface area contributed by atoms with E-state index in [1.54, 1.807) is 23.6 Å². The number of nitrogens with zero attached hydrogens (tertiary/aromatic N) is 3. The molecule has 2 N–H and O–H groups in total. The molecular formula is C29H37N5O3S. The number of methoxy groups -OCH3 is 1. The molecule has 0 radical (unpaired) electrons. The Morgan fingerprint density at radius 2 is 1.95 bits per heavy atom. The second-order valence-electron chi connectivity index (χ2n) is 9.39. The second-order valence-corrected chi connectivity index (χ2v) is 10.5. The molecule has 202 valence electrons. The zero-order chi connectivity index (χ0) is 27.2. The maximum atomic E-state index is 13.9. The van der Waals surface area contributed by atoms with Gasteiger partial charge >= 0.3 is 0 Å². The van der Waals surface area contributed by atoms with E-state index in [2.05, 4.69) is 24.5 Å². The Balaban J connectivity index is 1.77. The number of rotatable bonds is 11. The van der Waals surface area contributed by atoms with E-state index in [-0.39, 0.29) is 5.91 Å². The number of carbonyl (C=O) groups is 1. The largest absolute Gasteiger partial charge is 0.493 e. The fourth-order valence-electron chi connectivity index (χ4n) is 4.36. The molecule has 9 heteroatoms. The van der Waals surface area contributed by atoms with Gasteiger partial charge in [-0.3, -0.25) is 4.79 Å². The van der Waals surface area contributed by atoms with Gasteiger partial charge in [0.1, 0.15) is 6.04 Å². The summed E-state index contributed by atoms with van der Waals surface area (Å²) in [7, 11) is 1.62. The molecule has 0 fully saturated rings. The van der Waals surface area contributed by atoms with Crippen molar-refractivity contribution in [1.82, 2.24) is 14.8 Å². The van der Waals surface area contributed by atoms with E-state index in [0.29, 0.717) is 34.8 Å². The number of aryl methyl sites for hydroxylation is 1. The van der Waals surface area contributed by atoms with Crippen LogP contribution < -0.4 is 20.1 Å². The predicted molar refractivity (Wildman–Crippen MR) is 153 cm³/mol. The van der Waals surface area contributed by atoms with Crippen LogP contribution >= 0.6 is 11.8 Å². The third-order valence-electron chi connectivity index (χ3n) is 6.62. The number of nitrogens with one attached hydrogen (secondary N) is 2. The Hall–Kier alpha value is -3.46. The number of ether oxygens (including phenoxy) is 2. The summed E-state index contributed by atoms with van der Waals surface area (Å²) in [5.74, 6) is 2.64. The van der Waals surface area contributed by atoms with Crippen LogP contribution in [0.4, 0.5) is 11.6 Å². The highest BCUT2D eigenvalue weighted by molar-refractivity contribution is 7.99. The van der Waals surface area contributed by atoms with Gasteiger partial charge in [-0.1, -0.05) is 50.2 Å². The monoisotopic (exact) mass is 535 g/mol. The molecule has 0 saturated heterocycles. The van der Waals surface area contributed by atoms with Crippen LogP contribution in [0.1, 0.15) is 62.8 Å². The molecule has 1 aromatic heterocycles. The topological polar surface area (TPSA) is 90.3 Å². The van der Waals surface area contributed by atoms with Gasteiger partial charge in [0, 0.05) is 17.1 Å². The smallest absolute Gasteiger partial charge is 0.255 e. The Morgan fingerprint density at radius 1 is 1.13 bits per heavy atom. The van der Waals surface area contributed by atoms with Crippen LogP contribution in [-0.2, 0) is 4.79 Å². The molecule has 38 heavy (non-hydrogen) atoms. The summed E-state index contributed by atoms with van der Waals surface area (Å²) in [5.41, 5.74) is 5.09. The van der Waals surface area contributed by atoms with E-state index in [4.69, 9.17) is 19.6 Å². The lowest BCUT2D eigenvalue weighted by Gasteiger charge is -2.29. The Morgan fingerprint density at radius 3 is 2.68 bits per heavy atom. The first kappa shape index (κ1) is 27.6. The third-order valence-corrected chi connectivity index (χ3v) is 7.55. The molecule has 0 spiro atoms. The molecule has 1 atom stereocenters. The number of amides is 1. The third kappa shape index (κ3) is 5.83. The van der Waals surface area contributed by atoms with Crippen LogP contribution in [0.2, 0.25) is 0 Å². The quantitative estimate of drug-likeness (QED) is 0.214. The number of fused-ring (bicyclic) bond motifs is 1. The molecule has 1 aliphatic heterocycles. The fraction of sp³-hybridized carbons (Fsp3) is 0.414. The number of aromatic nitrogens is 3. The van der Waals surface area contributed by atoms with Crippen LogP contribution in [-0.4, -0.2) is 40.1 Å². The molecule has 8 nitrogen and oxygen atoms in total. The summed E-state index contributed by atoms with van der Waals surface area (Å²) in [4.78, 5) is 18.6. The lowest BCUT2D eigenvalue weighted by atomic mass is 9.94. The summed E-state index contributed by atoms with van der Waals surface area (Å²) in [6.07, 6.45) is 3.09. The van der Waals surface area contributed by atoms with E-state index in [1.165, 1.54) is 0 Å². The molecule has 3 aromatic rings. The van der Waals surface area contributed by atoms with Crippen molar-refractivity contribution >= 4 is 29.3 Å². The molecule has 4 rings (SSSR count). The lowest BCUT2D eigenvalue weighted by Crippen LogP contribution is -2.31. The Labute approximate surface area is 229 Å². The summed E-state index contributed by atoms with van der Waals surface area (Å²) in [6.45, 7) is 10.8. The van der Waals surface area contributed by atoms with E-state index in [1.807, 2.05) is 57.2 Å². The van der Waals surface area contributed by atoms with Crippen molar-refractivity contribution in [3.63, 3.8) is 0 Å². The summed E-state index contributed by atoms with van der Waals surface area (Å²) >= 11 is 1.63. The number of allylic oxidation sites excluding steroid dienone is 1. The number of carbonyl (C=O) groups excluding carboxylic acids is 1. The van der Waals surface area contributed by atoms with Crippen LogP contribution in [0.15, 0.2) is 52.8 Å². The summed E-state index contributed by atoms with van der Waals surface area (Å²) < 4.78 is 13.4. The lowest BCUT2D eigenvalue weighted by molar-refractivity contribution is -0.113. The van der Waals surface area contributed by atoms with Gasteiger partial charge in [-0.05, 0) is 68.5 Å². The van der Waals surface area contributed by atoms with Gasteiger partial charge in [-0.15, -0.1) is 5.10 Å². The molecule has 0 saturated carbocycles. The van der Waals surface area contributed by atoms with Crippen molar-refractivity contribution in [2.24, 2.45) is 0 Å². The SMILES string of the molecule is CCCCSc1nc2n(n1)C(c1ccc(OCCC)c(OC)c1)C(C(=O)Nc1cccc(C)c1C)=C(C)N2. The molecule has 0 bridgehead atoms. The Kier molecular flexibility index (Phi) is 8.99. The first-order valence-corrected chi connectivity index (χ1v) is 14.1. The zero-order valence-corrected chi connectivity index (χ0v) is 23.9. The molecule has 0 aliphatic carbocycles. The van der Waals surface area contributed by atoms with Crippen molar-refractivity contribution in [3.8, 4) is 11.5 Å². The minimum atomic E-state index is -0.501. The van der Waals surface area contributed by atoms with Gasteiger partial charge in [0.25, 0.3) is 5.91 Å². The zero-order valence-electron chi connectivity index (χ0n) is 23.1. The van der Waals surface area contributed by atoms with Crippen LogP contribution in [0.5, 0.6) is 11.5 Å². The van der Waals surface area contributed by atoms with E-state index in [9.17, 15) is 4.79 Å². The van der Waals surface area contributed by atoms with Crippen LogP contribution in [0.25, 0.3) is 0 Å². The maximum Gasteiger partial charge on any atom is 0.255 e. The number of unbranched alkanes of at least 4 members (excludes halogenated alkanes) is 1. The highest BCUT2D eigenvalue weighted by atomic mass is 32.2. The van der Waals surface area contributed by atoms with Gasteiger partial charge in [0.05, 0.1) is 19.3 Å². The minimum absolute atomic E-state index is 0.194. The molecular weight excluding hydrogens is 498 g/mol. The number of benzene rings is 2. The minimum Gasteiger partial charge on any atom is -0.493 e. The Bertz CT molecular complexity index is 1330. The van der Waals surface area contributed by atoms with Crippen LogP contribution in [0, 0.1) is 13.8 Å². The van der Waals surface area contributed by atoms with Crippen molar-refractivity contribution in [1.29, 1.82) is 0 Å². The van der Waals surface area contributed by atoms with Gasteiger partial charge in [-0.2, -0.15) is 4.98 Å². The molecule has 1 amide bonds. The van der Waals surface area contributed by atoms with Gasteiger partial charge in [-0.25, -0.2) is 4.68 Å². The average Bonchev–Trinajstić information content (AvgIpc) is 3.31. The highest BCUT2D eigenvalue weighted by Crippen LogP contribution is 2.40. The predicted octanol–water partition coefficient (Wildman–Crippen LogP) is 6.51. The van der Waals surface area contributed by atoms with Crippen molar-refractivity contribution in [3.05, 3.63) is 64.4 Å². The average molecular weight is 536 g/mol. The van der Waals surface area contributed by atoms with Crippen LogP contribution in [0.3, 0.4) is 0 Å². The molecule has 1 unspecified atom stereocenters. The number of hydrogen-bond acceptors (Lipinski definition) is 7. The molecule has 2 heterocycles. The number of anilines is 2. The molecule has 1 aliphatic rings. The second kappa shape index (κ2) is 12.4. The van der Waals surface area contributed by atoms with E-state index >= 15 is 0 Å². The van der Waals surface area contributed by atoms with Crippen molar-refractivity contribution in [2.75, 3.05) is 30.1 Å². The van der Waals surface area contributed by atoms with Gasteiger partial charge in [0.2, 0.25) is 11.1 Å². The van der Waals surface area contributed by atoms with Crippen molar-refractivity contribution < 1.29 is 14.3 Å². The van der Waals surface area contributed by atoms with Gasteiger partial charge < -0.3 is 20.1 Å². The first-order chi connectivity index (χ1) is 18.4. The van der Waals surface area contributed by atoms with E-state index < -0.39 is 6.04 Å².